The third-order valence-electron chi connectivity index (χ3n) is 5.51. The average molecular weight is 437 g/mol. The van der Waals surface area contributed by atoms with Gasteiger partial charge in [0, 0.05) is 12.0 Å². The Morgan fingerprint density at radius 1 is 1.12 bits per heavy atom. The highest BCUT2D eigenvalue weighted by Crippen LogP contribution is 2.47. The maximum absolute atomic E-state index is 13.2. The molecule has 2 aliphatic heterocycles. The second-order valence-electron chi connectivity index (χ2n) is 9.02. The molecular weight excluding hydrogens is 408 g/mol. The standard InChI is InChI=1S/C26H28O6/c1-25(2,3)32-24(28)26-20(15-19(31-26)11-13-23(26)27)18-10-12-21(22(14-18)29-4)30-16-17-8-6-5-7-9-17/h5-10,12,14-15,19H,11,13,16H2,1-4H3/t19-,26-/m1/s1. The first kappa shape index (κ1) is 22.1. The van der Waals surface area contributed by atoms with Gasteiger partial charge < -0.3 is 18.9 Å². The zero-order valence-corrected chi connectivity index (χ0v) is 18.8. The highest BCUT2D eigenvalue weighted by atomic mass is 16.6. The van der Waals surface area contributed by atoms with Gasteiger partial charge in [0.15, 0.2) is 17.3 Å². The molecule has 2 atom stereocenters. The third-order valence-corrected chi connectivity index (χ3v) is 5.51. The summed E-state index contributed by atoms with van der Waals surface area (Å²) < 4.78 is 23.1. The van der Waals surface area contributed by atoms with Gasteiger partial charge in [0.05, 0.1) is 13.2 Å². The molecule has 0 amide bonds. The Balaban J connectivity index is 1.66. The van der Waals surface area contributed by atoms with E-state index in [2.05, 4.69) is 0 Å². The van der Waals surface area contributed by atoms with Crippen LogP contribution in [-0.2, 0) is 25.7 Å². The Morgan fingerprint density at radius 2 is 1.88 bits per heavy atom. The number of carbonyl (C=O) groups excluding carboxylic acids is 2. The first-order chi connectivity index (χ1) is 15.2. The second-order valence-corrected chi connectivity index (χ2v) is 9.02. The largest absolute Gasteiger partial charge is 0.493 e. The Kier molecular flexibility index (Phi) is 5.82. The fraction of sp³-hybridized carbons (Fsp3) is 0.385. The number of ketones is 1. The van der Waals surface area contributed by atoms with E-state index in [1.54, 1.807) is 40.0 Å². The highest BCUT2D eigenvalue weighted by Gasteiger charge is 2.59. The Labute approximate surface area is 188 Å². The normalized spacial score (nSPS) is 22.3. The van der Waals surface area contributed by atoms with Crippen LogP contribution >= 0.6 is 0 Å². The predicted octanol–water partition coefficient (Wildman–Crippen LogP) is 4.50. The molecule has 0 aliphatic carbocycles. The van der Waals surface area contributed by atoms with Crippen LogP contribution in [0.1, 0.15) is 44.7 Å². The summed E-state index contributed by atoms with van der Waals surface area (Å²) in [5.74, 6) is 0.120. The van der Waals surface area contributed by atoms with Crippen LogP contribution < -0.4 is 9.47 Å². The average Bonchev–Trinajstić information content (AvgIpc) is 3.10. The lowest BCUT2D eigenvalue weighted by molar-refractivity contribution is -0.184. The number of rotatable bonds is 6. The highest BCUT2D eigenvalue weighted by molar-refractivity contribution is 6.20. The number of carbonyl (C=O) groups is 2. The number of benzene rings is 2. The van der Waals surface area contributed by atoms with Crippen molar-refractivity contribution < 1.29 is 28.5 Å². The van der Waals surface area contributed by atoms with Crippen molar-refractivity contribution in [2.75, 3.05) is 7.11 Å². The first-order valence-electron chi connectivity index (χ1n) is 10.7. The molecule has 2 aromatic carbocycles. The Morgan fingerprint density at radius 3 is 2.56 bits per heavy atom. The van der Waals surface area contributed by atoms with E-state index in [-0.39, 0.29) is 18.3 Å². The van der Waals surface area contributed by atoms with Gasteiger partial charge in [-0.25, -0.2) is 4.79 Å². The van der Waals surface area contributed by atoms with Crippen molar-refractivity contribution in [1.29, 1.82) is 0 Å². The Hall–Kier alpha value is -3.12. The van der Waals surface area contributed by atoms with E-state index in [1.807, 2.05) is 42.5 Å². The van der Waals surface area contributed by atoms with Crippen LogP contribution in [0.5, 0.6) is 11.5 Å². The van der Waals surface area contributed by atoms with Crippen LogP contribution in [0.2, 0.25) is 0 Å². The van der Waals surface area contributed by atoms with Crippen molar-refractivity contribution in [3.05, 3.63) is 65.7 Å². The molecular formula is C26H28O6. The molecule has 2 bridgehead atoms. The number of fused-ring (bicyclic) bond motifs is 2. The summed E-state index contributed by atoms with van der Waals surface area (Å²) in [5.41, 5.74) is -0.283. The minimum Gasteiger partial charge on any atom is -0.493 e. The molecule has 1 fully saturated rings. The molecule has 168 valence electrons. The molecule has 6 heteroatoms. The van der Waals surface area contributed by atoms with Crippen LogP contribution in [0.25, 0.3) is 5.57 Å². The molecule has 0 radical (unpaired) electrons. The van der Waals surface area contributed by atoms with Crippen molar-refractivity contribution in [3.8, 4) is 11.5 Å². The monoisotopic (exact) mass is 436 g/mol. The minimum absolute atomic E-state index is 0.263. The van der Waals surface area contributed by atoms with E-state index in [1.165, 1.54) is 0 Å². The molecule has 0 aromatic heterocycles. The van der Waals surface area contributed by atoms with Crippen molar-refractivity contribution in [1.82, 2.24) is 0 Å². The summed E-state index contributed by atoms with van der Waals surface area (Å²) in [6, 6.07) is 15.2. The number of ether oxygens (including phenoxy) is 4. The maximum atomic E-state index is 13.2. The summed E-state index contributed by atoms with van der Waals surface area (Å²) in [6.07, 6.45) is 2.35. The van der Waals surface area contributed by atoms with Crippen molar-refractivity contribution >= 4 is 17.3 Å². The van der Waals surface area contributed by atoms with Gasteiger partial charge in [0.2, 0.25) is 5.60 Å². The van der Waals surface area contributed by atoms with Gasteiger partial charge in [0.25, 0.3) is 0 Å². The maximum Gasteiger partial charge on any atom is 0.351 e. The quantitative estimate of drug-likeness (QED) is 0.491. The minimum atomic E-state index is -1.74. The SMILES string of the molecule is COc1cc(C2=C[C@H]3CCC(=O)[C@]2(C(=O)OC(C)(C)C)O3)ccc1OCc1ccccc1. The van der Waals surface area contributed by atoms with E-state index in [0.717, 1.165) is 5.56 Å². The van der Waals surface area contributed by atoms with Gasteiger partial charge in [-0.15, -0.1) is 0 Å². The lowest BCUT2D eigenvalue weighted by Gasteiger charge is -2.35. The first-order valence-corrected chi connectivity index (χ1v) is 10.7. The zero-order chi connectivity index (χ0) is 22.9. The lowest BCUT2D eigenvalue weighted by Crippen LogP contribution is -2.53. The summed E-state index contributed by atoms with van der Waals surface area (Å²) in [7, 11) is 1.56. The van der Waals surface area contributed by atoms with Crippen molar-refractivity contribution in [2.45, 2.75) is 57.5 Å². The molecule has 6 nitrogen and oxygen atoms in total. The van der Waals surface area contributed by atoms with Crippen LogP contribution in [0.15, 0.2) is 54.6 Å². The number of hydrogen-bond acceptors (Lipinski definition) is 6. The van der Waals surface area contributed by atoms with E-state index >= 15 is 0 Å². The molecule has 1 saturated heterocycles. The molecule has 0 unspecified atom stereocenters. The second kappa shape index (κ2) is 8.43. The smallest absolute Gasteiger partial charge is 0.351 e. The van der Waals surface area contributed by atoms with Crippen LogP contribution in [0, 0.1) is 0 Å². The number of methoxy groups -OCH3 is 1. The van der Waals surface area contributed by atoms with Gasteiger partial charge in [0.1, 0.15) is 12.2 Å². The summed E-state index contributed by atoms with van der Waals surface area (Å²) in [4.78, 5) is 26.2. The van der Waals surface area contributed by atoms with E-state index in [4.69, 9.17) is 18.9 Å². The van der Waals surface area contributed by atoms with Crippen LogP contribution in [-0.4, -0.2) is 36.2 Å². The number of Topliss-reactive ketones (excluding diaryl/α,β-unsaturated/α-hetero) is 1. The number of hydrogen-bond donors (Lipinski definition) is 0. The molecule has 4 rings (SSSR count). The summed E-state index contributed by atoms with van der Waals surface area (Å²) >= 11 is 0. The predicted molar refractivity (Wildman–Crippen MR) is 119 cm³/mol. The van der Waals surface area contributed by atoms with Gasteiger partial charge in [-0.1, -0.05) is 36.4 Å². The van der Waals surface area contributed by atoms with Crippen LogP contribution in [0.4, 0.5) is 0 Å². The van der Waals surface area contributed by atoms with Gasteiger partial charge in [-0.2, -0.15) is 0 Å². The fourth-order valence-corrected chi connectivity index (χ4v) is 4.05. The van der Waals surface area contributed by atoms with Gasteiger partial charge in [-0.3, -0.25) is 4.79 Å². The lowest BCUT2D eigenvalue weighted by atomic mass is 9.84. The fourth-order valence-electron chi connectivity index (χ4n) is 4.05. The molecule has 0 spiro atoms. The van der Waals surface area contributed by atoms with Crippen molar-refractivity contribution in [2.24, 2.45) is 0 Å². The van der Waals surface area contributed by atoms with E-state index < -0.39 is 17.2 Å². The molecule has 0 N–H and O–H groups in total. The summed E-state index contributed by atoms with van der Waals surface area (Å²) in [6.45, 7) is 5.70. The molecule has 2 aromatic rings. The topological polar surface area (TPSA) is 71.1 Å². The third kappa shape index (κ3) is 4.15. The summed E-state index contributed by atoms with van der Waals surface area (Å²) in [5, 5.41) is 0. The van der Waals surface area contributed by atoms with E-state index in [0.29, 0.717) is 35.7 Å². The van der Waals surface area contributed by atoms with Crippen LogP contribution in [0.3, 0.4) is 0 Å². The molecule has 2 aliphatic rings. The Bertz CT molecular complexity index is 1050. The zero-order valence-electron chi connectivity index (χ0n) is 18.8. The van der Waals surface area contributed by atoms with Crippen molar-refractivity contribution in [3.63, 3.8) is 0 Å². The molecule has 2 heterocycles. The molecule has 32 heavy (non-hydrogen) atoms. The molecule has 0 saturated carbocycles. The van der Waals surface area contributed by atoms with Gasteiger partial charge >= 0.3 is 5.97 Å². The van der Waals surface area contributed by atoms with E-state index in [9.17, 15) is 9.59 Å². The number of esters is 1. The van der Waals surface area contributed by atoms with Gasteiger partial charge in [-0.05, 0) is 56.5 Å².